The maximum atomic E-state index is 10.9. The molecule has 8 heteroatoms. The summed E-state index contributed by atoms with van der Waals surface area (Å²) in [6, 6.07) is 0.0965. The van der Waals surface area contributed by atoms with Crippen LogP contribution in [0.1, 0.15) is 26.7 Å². The summed E-state index contributed by atoms with van der Waals surface area (Å²) in [7, 11) is 0. The summed E-state index contributed by atoms with van der Waals surface area (Å²) in [5.41, 5.74) is 1.95. The van der Waals surface area contributed by atoms with E-state index in [1.807, 2.05) is 13.8 Å². The number of rotatable bonds is 6. The average molecular weight is 240 g/mol. The van der Waals surface area contributed by atoms with Crippen LogP contribution in [0.4, 0.5) is 17.3 Å². The highest BCUT2D eigenvalue weighted by molar-refractivity contribution is 5.68. The monoisotopic (exact) mass is 240 g/mol. The van der Waals surface area contributed by atoms with Gasteiger partial charge in [-0.3, -0.25) is 10.1 Å². The first-order valence-corrected chi connectivity index (χ1v) is 5.32. The summed E-state index contributed by atoms with van der Waals surface area (Å²) >= 11 is 0. The van der Waals surface area contributed by atoms with E-state index < -0.39 is 4.92 Å². The second kappa shape index (κ2) is 5.94. The predicted octanol–water partition coefficient (Wildman–Crippen LogP) is 1.27. The van der Waals surface area contributed by atoms with E-state index in [0.29, 0.717) is 0 Å². The number of hydrazine groups is 1. The van der Waals surface area contributed by atoms with Gasteiger partial charge in [0.25, 0.3) is 0 Å². The van der Waals surface area contributed by atoms with Crippen molar-refractivity contribution in [3.63, 3.8) is 0 Å². The lowest BCUT2D eigenvalue weighted by molar-refractivity contribution is -0.383. The molecule has 0 aliphatic heterocycles. The van der Waals surface area contributed by atoms with Gasteiger partial charge in [-0.15, -0.1) is 0 Å². The van der Waals surface area contributed by atoms with Gasteiger partial charge in [-0.2, -0.15) is 0 Å². The number of hydrogen-bond donors (Lipinski definition) is 3. The van der Waals surface area contributed by atoms with Gasteiger partial charge in [0.15, 0.2) is 0 Å². The fourth-order valence-corrected chi connectivity index (χ4v) is 1.50. The van der Waals surface area contributed by atoms with Gasteiger partial charge in [0.1, 0.15) is 6.33 Å². The van der Waals surface area contributed by atoms with Gasteiger partial charge >= 0.3 is 5.69 Å². The summed E-state index contributed by atoms with van der Waals surface area (Å²) in [6.45, 7) is 3.98. The number of aromatic nitrogens is 2. The van der Waals surface area contributed by atoms with Gasteiger partial charge in [-0.25, -0.2) is 15.8 Å². The van der Waals surface area contributed by atoms with Gasteiger partial charge in [0, 0.05) is 6.04 Å². The molecule has 8 nitrogen and oxygen atoms in total. The highest BCUT2D eigenvalue weighted by atomic mass is 16.6. The molecule has 0 bridgehead atoms. The highest BCUT2D eigenvalue weighted by Gasteiger charge is 2.23. The minimum atomic E-state index is -0.559. The van der Waals surface area contributed by atoms with Crippen molar-refractivity contribution in [1.29, 1.82) is 0 Å². The fourth-order valence-electron chi connectivity index (χ4n) is 1.50. The smallest absolute Gasteiger partial charge is 0.354 e. The first kappa shape index (κ1) is 13.1. The number of nitrogens with two attached hydrogens (primary N) is 1. The fraction of sp³-hybridized carbons (Fsp3) is 0.556. The molecule has 1 aromatic rings. The maximum absolute atomic E-state index is 10.9. The van der Waals surface area contributed by atoms with E-state index in [0.717, 1.165) is 12.8 Å². The Labute approximate surface area is 98.8 Å². The lowest BCUT2D eigenvalue weighted by Crippen LogP contribution is -2.18. The molecule has 94 valence electrons. The Morgan fingerprint density at radius 1 is 1.53 bits per heavy atom. The van der Waals surface area contributed by atoms with Crippen LogP contribution in [0, 0.1) is 10.1 Å². The van der Waals surface area contributed by atoms with E-state index in [-0.39, 0.29) is 23.4 Å². The molecule has 1 unspecified atom stereocenters. The topological polar surface area (TPSA) is 119 Å². The first-order chi connectivity index (χ1) is 8.10. The van der Waals surface area contributed by atoms with Gasteiger partial charge in [-0.1, -0.05) is 13.3 Å². The van der Waals surface area contributed by atoms with Crippen molar-refractivity contribution >= 4 is 17.3 Å². The van der Waals surface area contributed by atoms with Crippen molar-refractivity contribution < 1.29 is 4.92 Å². The van der Waals surface area contributed by atoms with E-state index in [4.69, 9.17) is 5.84 Å². The quantitative estimate of drug-likeness (QED) is 0.389. The van der Waals surface area contributed by atoms with Crippen LogP contribution in [-0.4, -0.2) is 20.9 Å². The molecule has 17 heavy (non-hydrogen) atoms. The standard InChI is InChI=1S/C9H16N6O2/c1-3-4-6(2)13-8-7(15(16)17)9(14-10)12-5-11-8/h5-6H,3-4,10H2,1-2H3,(H2,11,12,13,14). The predicted molar refractivity (Wildman–Crippen MR) is 64.5 cm³/mol. The number of nitrogens with one attached hydrogen (secondary N) is 2. The van der Waals surface area contributed by atoms with Crippen molar-refractivity contribution in [3.05, 3.63) is 16.4 Å². The van der Waals surface area contributed by atoms with Crippen molar-refractivity contribution in [3.8, 4) is 0 Å². The molecule has 0 spiro atoms. The Bertz CT molecular complexity index is 397. The summed E-state index contributed by atoms with van der Waals surface area (Å²) in [6.07, 6.45) is 3.10. The van der Waals surface area contributed by atoms with Crippen molar-refractivity contribution in [1.82, 2.24) is 9.97 Å². The van der Waals surface area contributed by atoms with Gasteiger partial charge < -0.3 is 10.7 Å². The van der Waals surface area contributed by atoms with Crippen molar-refractivity contribution in [2.75, 3.05) is 10.7 Å². The van der Waals surface area contributed by atoms with E-state index in [9.17, 15) is 10.1 Å². The molecule has 0 amide bonds. The second-order valence-corrected chi connectivity index (χ2v) is 3.65. The lowest BCUT2D eigenvalue weighted by Gasteiger charge is -2.13. The molecule has 1 aromatic heterocycles. The number of hydrogen-bond acceptors (Lipinski definition) is 7. The Morgan fingerprint density at radius 3 is 2.71 bits per heavy atom. The third-order valence-corrected chi connectivity index (χ3v) is 2.25. The number of nitro groups is 1. The number of anilines is 2. The largest absolute Gasteiger partial charge is 0.362 e. The van der Waals surface area contributed by atoms with Gasteiger partial charge in [0.05, 0.1) is 4.92 Å². The van der Waals surface area contributed by atoms with E-state index >= 15 is 0 Å². The molecule has 4 N–H and O–H groups in total. The van der Waals surface area contributed by atoms with Crippen LogP contribution in [0.25, 0.3) is 0 Å². The minimum Gasteiger partial charge on any atom is -0.362 e. The number of nitrogen functional groups attached to an aromatic ring is 1. The molecular weight excluding hydrogens is 224 g/mol. The third-order valence-electron chi connectivity index (χ3n) is 2.25. The molecule has 0 aliphatic rings. The average Bonchev–Trinajstić information content (AvgIpc) is 2.28. The molecule has 0 aromatic carbocycles. The summed E-state index contributed by atoms with van der Waals surface area (Å²) in [5.74, 6) is 5.35. The number of nitrogens with zero attached hydrogens (tertiary/aromatic N) is 3. The highest BCUT2D eigenvalue weighted by Crippen LogP contribution is 2.28. The Hall–Kier alpha value is -1.96. The molecule has 1 rings (SSSR count). The summed E-state index contributed by atoms with van der Waals surface area (Å²) in [4.78, 5) is 17.9. The third kappa shape index (κ3) is 3.25. The zero-order valence-corrected chi connectivity index (χ0v) is 9.80. The van der Waals surface area contributed by atoms with Crippen molar-refractivity contribution in [2.24, 2.45) is 5.84 Å². The SMILES string of the molecule is CCCC(C)Nc1ncnc(NN)c1[N+](=O)[O-]. The normalized spacial score (nSPS) is 11.9. The molecule has 0 aliphatic carbocycles. The Morgan fingerprint density at radius 2 is 2.18 bits per heavy atom. The van der Waals surface area contributed by atoms with E-state index in [2.05, 4.69) is 20.7 Å². The molecule has 1 heterocycles. The summed E-state index contributed by atoms with van der Waals surface area (Å²) in [5, 5.41) is 13.9. The first-order valence-electron chi connectivity index (χ1n) is 5.32. The van der Waals surface area contributed by atoms with Crippen LogP contribution in [0.2, 0.25) is 0 Å². The van der Waals surface area contributed by atoms with Crippen LogP contribution in [0.15, 0.2) is 6.33 Å². The Kier molecular flexibility index (Phi) is 4.58. The van der Waals surface area contributed by atoms with Crippen LogP contribution in [-0.2, 0) is 0 Å². The van der Waals surface area contributed by atoms with Crippen molar-refractivity contribution in [2.45, 2.75) is 32.7 Å². The van der Waals surface area contributed by atoms with Crippen LogP contribution >= 0.6 is 0 Å². The molecule has 0 radical (unpaired) electrons. The zero-order chi connectivity index (χ0) is 12.8. The van der Waals surface area contributed by atoms with Crippen LogP contribution in [0.3, 0.4) is 0 Å². The van der Waals surface area contributed by atoms with E-state index in [1.54, 1.807) is 0 Å². The molecular formula is C9H16N6O2. The molecule has 0 saturated carbocycles. The Balaban J connectivity index is 3.02. The zero-order valence-electron chi connectivity index (χ0n) is 9.80. The van der Waals surface area contributed by atoms with Crippen LogP contribution in [0.5, 0.6) is 0 Å². The van der Waals surface area contributed by atoms with Gasteiger partial charge in [0.2, 0.25) is 11.6 Å². The maximum Gasteiger partial charge on any atom is 0.354 e. The summed E-state index contributed by atoms with van der Waals surface area (Å²) < 4.78 is 0. The molecule has 0 fully saturated rings. The van der Waals surface area contributed by atoms with E-state index in [1.165, 1.54) is 6.33 Å². The second-order valence-electron chi connectivity index (χ2n) is 3.65. The van der Waals surface area contributed by atoms with Gasteiger partial charge in [-0.05, 0) is 13.3 Å². The lowest BCUT2D eigenvalue weighted by atomic mass is 10.2. The van der Waals surface area contributed by atoms with Crippen LogP contribution < -0.4 is 16.6 Å². The molecule has 0 saturated heterocycles. The minimum absolute atomic E-state index is 0.00352. The molecule has 1 atom stereocenters.